The van der Waals surface area contributed by atoms with Gasteiger partial charge >= 0.3 is 0 Å². The van der Waals surface area contributed by atoms with Gasteiger partial charge in [-0.2, -0.15) is 4.31 Å². The lowest BCUT2D eigenvalue weighted by Gasteiger charge is -2.16. The summed E-state index contributed by atoms with van der Waals surface area (Å²) in [6.07, 6.45) is 0. The van der Waals surface area contributed by atoms with Crippen LogP contribution in [0.1, 0.15) is 11.1 Å². The molecule has 1 rings (SSSR count). The highest BCUT2D eigenvalue weighted by molar-refractivity contribution is 7.88. The molecule has 7 heteroatoms. The van der Waals surface area contributed by atoms with Crippen LogP contribution in [0.5, 0.6) is 0 Å². The van der Waals surface area contributed by atoms with E-state index in [2.05, 4.69) is 5.32 Å². The molecule has 0 heterocycles. The van der Waals surface area contributed by atoms with Crippen LogP contribution in [0.2, 0.25) is 0 Å². The quantitative estimate of drug-likeness (QED) is 0.747. The molecule has 0 fully saturated rings. The normalized spacial score (nSPS) is 11.6. The molecule has 0 unspecified atom stereocenters. The molecule has 0 aliphatic carbocycles. The second kappa shape index (κ2) is 6.65. The van der Waals surface area contributed by atoms with Crippen LogP contribution in [0.25, 0.3) is 0 Å². The first-order chi connectivity index (χ1) is 8.89. The third-order valence-corrected chi connectivity index (χ3v) is 4.50. The summed E-state index contributed by atoms with van der Waals surface area (Å²) in [5.41, 5.74) is 7.09. The minimum absolute atomic E-state index is 0.134. The zero-order valence-electron chi connectivity index (χ0n) is 11.1. The second-order valence-electron chi connectivity index (χ2n) is 4.21. The number of likely N-dealkylation sites (N-methyl/N-ethyl adjacent to an activating group) is 2. The van der Waals surface area contributed by atoms with Crippen LogP contribution in [0.15, 0.2) is 24.3 Å². The molecule has 0 bridgehead atoms. The molecule has 3 N–H and O–H groups in total. The fourth-order valence-electron chi connectivity index (χ4n) is 1.47. The third kappa shape index (κ3) is 4.62. The number of nitrogens with two attached hydrogens (primary N) is 1. The molecule has 0 spiro atoms. The SMILES string of the molecule is CNC(=O)CN(C)S(=O)(=O)Cc1ccc(CN)cc1. The van der Waals surface area contributed by atoms with Crippen molar-refractivity contribution in [3.05, 3.63) is 35.4 Å². The number of sulfonamides is 1. The summed E-state index contributed by atoms with van der Waals surface area (Å²) < 4.78 is 25.1. The molecular weight excluding hydrogens is 266 g/mol. The van der Waals surface area contributed by atoms with Crippen molar-refractivity contribution < 1.29 is 13.2 Å². The van der Waals surface area contributed by atoms with E-state index in [9.17, 15) is 13.2 Å². The molecule has 6 nitrogen and oxygen atoms in total. The average molecular weight is 285 g/mol. The van der Waals surface area contributed by atoms with Crippen LogP contribution in [0, 0.1) is 0 Å². The van der Waals surface area contributed by atoms with Gasteiger partial charge in [-0.05, 0) is 11.1 Å². The molecule has 0 aromatic heterocycles. The van der Waals surface area contributed by atoms with E-state index in [4.69, 9.17) is 5.73 Å². The lowest BCUT2D eigenvalue weighted by Crippen LogP contribution is -2.37. The fraction of sp³-hybridized carbons (Fsp3) is 0.417. The number of carbonyl (C=O) groups excluding carboxylic acids is 1. The van der Waals surface area contributed by atoms with E-state index in [-0.39, 0.29) is 18.2 Å². The number of rotatable bonds is 6. The summed E-state index contributed by atoms with van der Waals surface area (Å²) in [4.78, 5) is 11.2. The fourth-order valence-corrected chi connectivity index (χ4v) is 2.62. The van der Waals surface area contributed by atoms with Gasteiger partial charge < -0.3 is 11.1 Å². The molecular formula is C12H19N3O3S. The van der Waals surface area contributed by atoms with E-state index in [1.54, 1.807) is 24.3 Å². The highest BCUT2D eigenvalue weighted by atomic mass is 32.2. The highest BCUT2D eigenvalue weighted by Gasteiger charge is 2.20. The molecule has 1 aromatic rings. The van der Waals surface area contributed by atoms with Crippen molar-refractivity contribution in [3.63, 3.8) is 0 Å². The predicted molar refractivity (Wildman–Crippen MR) is 73.7 cm³/mol. The van der Waals surface area contributed by atoms with Crippen molar-refractivity contribution in [1.29, 1.82) is 0 Å². The van der Waals surface area contributed by atoms with Crippen LogP contribution < -0.4 is 11.1 Å². The molecule has 0 radical (unpaired) electrons. The summed E-state index contributed by atoms with van der Waals surface area (Å²) in [6.45, 7) is 0.239. The number of hydrogen-bond acceptors (Lipinski definition) is 4. The lowest BCUT2D eigenvalue weighted by molar-refractivity contribution is -0.120. The molecule has 1 amide bonds. The van der Waals surface area contributed by atoms with E-state index in [0.717, 1.165) is 9.87 Å². The third-order valence-electron chi connectivity index (χ3n) is 2.73. The van der Waals surface area contributed by atoms with Gasteiger partial charge in [-0.15, -0.1) is 0 Å². The van der Waals surface area contributed by atoms with Crippen molar-refractivity contribution >= 4 is 15.9 Å². The van der Waals surface area contributed by atoms with Gasteiger partial charge in [0.2, 0.25) is 15.9 Å². The number of nitrogens with zero attached hydrogens (tertiary/aromatic N) is 1. The van der Waals surface area contributed by atoms with Crippen LogP contribution >= 0.6 is 0 Å². The maximum Gasteiger partial charge on any atom is 0.235 e. The first-order valence-electron chi connectivity index (χ1n) is 5.81. The van der Waals surface area contributed by atoms with Crippen molar-refractivity contribution in [1.82, 2.24) is 9.62 Å². The zero-order valence-corrected chi connectivity index (χ0v) is 11.9. The maximum absolute atomic E-state index is 12.0. The average Bonchev–Trinajstić information content (AvgIpc) is 2.39. The standard InChI is InChI=1S/C12H19N3O3S/c1-14-12(16)8-15(2)19(17,18)9-11-5-3-10(7-13)4-6-11/h3-6H,7-9,13H2,1-2H3,(H,14,16). The molecule has 1 aromatic carbocycles. The number of nitrogens with one attached hydrogen (secondary N) is 1. The largest absolute Gasteiger partial charge is 0.358 e. The molecule has 0 atom stereocenters. The van der Waals surface area contributed by atoms with E-state index >= 15 is 0 Å². The molecule has 0 aliphatic rings. The highest BCUT2D eigenvalue weighted by Crippen LogP contribution is 2.10. The topological polar surface area (TPSA) is 92.5 Å². The Morgan fingerprint density at radius 3 is 2.26 bits per heavy atom. The predicted octanol–water partition coefficient (Wildman–Crippen LogP) is -0.347. The smallest absolute Gasteiger partial charge is 0.235 e. The Morgan fingerprint density at radius 1 is 1.26 bits per heavy atom. The number of amides is 1. The molecule has 19 heavy (non-hydrogen) atoms. The van der Waals surface area contributed by atoms with E-state index in [0.29, 0.717) is 12.1 Å². The summed E-state index contributed by atoms with van der Waals surface area (Å²) in [7, 11) is -0.642. The first-order valence-corrected chi connectivity index (χ1v) is 7.42. The lowest BCUT2D eigenvalue weighted by atomic mass is 10.1. The van der Waals surface area contributed by atoms with Crippen molar-refractivity contribution in [3.8, 4) is 0 Å². The Hall–Kier alpha value is -1.44. The molecule has 0 aliphatic heterocycles. The van der Waals surface area contributed by atoms with E-state index in [1.807, 2.05) is 0 Å². The Bertz CT molecular complexity index is 526. The Labute approximate surface area is 113 Å². The van der Waals surface area contributed by atoms with Crippen LogP contribution in [0.4, 0.5) is 0 Å². The maximum atomic E-state index is 12.0. The monoisotopic (exact) mass is 285 g/mol. The minimum Gasteiger partial charge on any atom is -0.358 e. The van der Waals surface area contributed by atoms with Gasteiger partial charge in [0.25, 0.3) is 0 Å². The molecule has 106 valence electrons. The zero-order chi connectivity index (χ0) is 14.5. The van der Waals surface area contributed by atoms with E-state index < -0.39 is 10.0 Å². The van der Waals surface area contributed by atoms with Crippen LogP contribution in [-0.4, -0.2) is 39.3 Å². The Morgan fingerprint density at radius 2 is 1.79 bits per heavy atom. The first kappa shape index (κ1) is 15.6. The van der Waals surface area contributed by atoms with Crippen LogP contribution in [-0.2, 0) is 27.1 Å². The summed E-state index contributed by atoms with van der Waals surface area (Å²) >= 11 is 0. The summed E-state index contributed by atoms with van der Waals surface area (Å²) in [5, 5.41) is 2.39. The molecule has 0 saturated heterocycles. The van der Waals surface area contributed by atoms with Gasteiger partial charge in [-0.25, -0.2) is 8.42 Å². The van der Waals surface area contributed by atoms with Crippen molar-refractivity contribution in [2.75, 3.05) is 20.6 Å². The van der Waals surface area contributed by atoms with Gasteiger partial charge in [-0.1, -0.05) is 24.3 Å². The van der Waals surface area contributed by atoms with E-state index in [1.165, 1.54) is 14.1 Å². The molecule has 0 saturated carbocycles. The van der Waals surface area contributed by atoms with Gasteiger partial charge in [0.05, 0.1) is 12.3 Å². The van der Waals surface area contributed by atoms with Gasteiger partial charge in [0.15, 0.2) is 0 Å². The number of benzene rings is 1. The van der Waals surface area contributed by atoms with Gasteiger partial charge in [0.1, 0.15) is 0 Å². The number of carbonyl (C=O) groups is 1. The van der Waals surface area contributed by atoms with Crippen LogP contribution in [0.3, 0.4) is 0 Å². The number of hydrogen-bond donors (Lipinski definition) is 2. The van der Waals surface area contributed by atoms with Crippen molar-refractivity contribution in [2.24, 2.45) is 5.73 Å². The van der Waals surface area contributed by atoms with Crippen molar-refractivity contribution in [2.45, 2.75) is 12.3 Å². The summed E-state index contributed by atoms with van der Waals surface area (Å²) in [6, 6.07) is 7.05. The summed E-state index contributed by atoms with van der Waals surface area (Å²) in [5.74, 6) is -0.477. The Balaban J connectivity index is 2.75. The van der Waals surface area contributed by atoms with Gasteiger partial charge in [-0.3, -0.25) is 4.79 Å². The minimum atomic E-state index is -3.50. The second-order valence-corrected chi connectivity index (χ2v) is 6.28. The van der Waals surface area contributed by atoms with Gasteiger partial charge in [0, 0.05) is 20.6 Å². The Kier molecular flexibility index (Phi) is 5.46.